The molecular weight excluding hydrogens is 1600 g/mol. The zero-order valence-electron chi connectivity index (χ0n) is 42.6. The minimum atomic E-state index is -4.60. The number of H-pyrrole nitrogens is 1. The summed E-state index contributed by atoms with van der Waals surface area (Å²) in [6.07, 6.45) is -4.60. The van der Waals surface area contributed by atoms with E-state index in [9.17, 15) is 33.4 Å². The van der Waals surface area contributed by atoms with Crippen molar-refractivity contribution in [2.24, 2.45) is 0 Å². The smallest absolute Gasteiger partial charge is 0.423 e. The molecule has 0 radical (unpaired) electrons. The van der Waals surface area contributed by atoms with E-state index < -0.39 is 29.0 Å². The number of nitrogens with one attached hydrogen (secondary N) is 1. The Morgan fingerprint density at radius 1 is 0.547 bits per heavy atom. The molecule has 0 unspecified atom stereocenters. The van der Waals surface area contributed by atoms with Gasteiger partial charge in [-0.05, 0) is 101 Å². The van der Waals surface area contributed by atoms with Crippen molar-refractivity contribution in [3.8, 4) is 22.3 Å². The zero-order valence-corrected chi connectivity index (χ0v) is 55.3. The lowest BCUT2D eigenvalue weighted by molar-refractivity contribution is -0.384. The minimum absolute atomic E-state index is 0.0168. The number of imidazole rings is 1. The summed E-state index contributed by atoms with van der Waals surface area (Å²) < 4.78 is 39.3. The third-order valence-corrected chi connectivity index (χ3v) is 15.9. The number of aromatic nitrogens is 6. The van der Waals surface area contributed by atoms with E-state index in [1.54, 1.807) is 67.6 Å². The summed E-state index contributed by atoms with van der Waals surface area (Å²) in [5.74, 6) is -0.826. The third kappa shape index (κ3) is 21.9. The number of anilines is 6. The Morgan fingerprint density at radius 2 is 0.977 bits per heavy atom. The molecule has 0 aliphatic heterocycles. The van der Waals surface area contributed by atoms with E-state index in [0.717, 1.165) is 3.57 Å². The lowest BCUT2D eigenvalue weighted by Gasteiger charge is -2.09. The number of nitro benzene ring substituents is 1. The predicted molar refractivity (Wildman–Crippen MR) is 358 cm³/mol. The normalized spacial score (nSPS) is 10.4. The van der Waals surface area contributed by atoms with Crippen LogP contribution in [0.4, 0.5) is 59.1 Å². The van der Waals surface area contributed by atoms with Crippen LogP contribution in [0.3, 0.4) is 0 Å². The van der Waals surface area contributed by atoms with Crippen molar-refractivity contribution >= 4 is 242 Å². The zero-order chi connectivity index (χ0) is 65.2. The first kappa shape index (κ1) is 75.2. The molecule has 0 aliphatic carbocycles. The molecule has 456 valence electrons. The molecule has 5 aromatic heterocycles. The maximum atomic E-state index is 12.7. The van der Waals surface area contributed by atoms with Crippen LogP contribution < -0.4 is 39.9 Å². The standard InChI is InChI=1S/C13H5Cl3F3N3.C11H8Cl3N3.C6H5BCl2O2.C6H5ClN2O2.C5H3ClIN3O2.C5H5ClIN3.C2H6O/c14-7-3-1-2-5(9(7)15)6-4-8-11(21-10(6)16)22-12(20-8)13(17,18)19;12-7-3-1-2-5(9(7)13)6-4-8(15)11(16)17-10(6)14;8-5-3-1-2-4(6(5)9)7(10)11;7-4-1-2-6(9(10)11)5(8)3-4;6-4-2(7)1-3(10(11)12)5(8)9-4;6-4-2(7)1-3(8)5(9)10-4;1-2-3/h1-4H,(H,20,21,22);1-4H,15H2,(H2,16,17);1-3,10-11H;1-3H,8H2;1H,(H2,8,9);1H,8H2,(H2,9,10);3H,2H2,1H3. The summed E-state index contributed by atoms with van der Waals surface area (Å²) in [7, 11) is -1.57. The molecular formula is C48H37BCl11F3I2N14O7. The van der Waals surface area contributed by atoms with Crippen LogP contribution in [-0.4, -0.2) is 68.6 Å². The second-order valence-corrected chi connectivity index (χ2v) is 22.3. The van der Waals surface area contributed by atoms with E-state index in [1.165, 1.54) is 36.4 Å². The number of nitrogens with zero attached hydrogens (tertiary/aromatic N) is 7. The highest BCUT2D eigenvalue weighted by Crippen LogP contribution is 2.40. The summed E-state index contributed by atoms with van der Waals surface area (Å²) in [6.45, 7) is 1.93. The highest BCUT2D eigenvalue weighted by atomic mass is 127. The molecule has 0 atom stereocenters. The fraction of sp³-hybridized carbons (Fsp3) is 0.0625. The number of benzene rings is 4. The SMILES string of the molecule is CCO.FC(F)(F)c1nc2nc(Cl)c(-c3cccc(Cl)c3Cl)cc2[nH]1.Nc1cc(-c2cccc(Cl)c2Cl)c(Cl)nc1N.Nc1cc(Cl)ccc1[N+](=O)[O-].Nc1cc(I)c(Cl)nc1N.Nc1nc(Cl)c(I)cc1[N+](=O)[O-].OB(O)c1cccc(Cl)c1Cl. The second kappa shape index (κ2) is 34.6. The van der Waals surface area contributed by atoms with Gasteiger partial charge in [-0.25, -0.2) is 24.9 Å². The lowest BCUT2D eigenvalue weighted by atomic mass is 9.80. The molecule has 0 spiro atoms. The maximum absolute atomic E-state index is 12.7. The molecule has 0 amide bonds. The van der Waals surface area contributed by atoms with Gasteiger partial charge in [0.25, 0.3) is 5.69 Å². The van der Waals surface area contributed by atoms with Crippen LogP contribution in [0.1, 0.15) is 12.7 Å². The van der Waals surface area contributed by atoms with Crippen LogP contribution in [0.5, 0.6) is 0 Å². The van der Waals surface area contributed by atoms with Gasteiger partial charge < -0.3 is 54.5 Å². The molecule has 21 nitrogen and oxygen atoms in total. The molecule has 16 N–H and O–H groups in total. The van der Waals surface area contributed by atoms with Gasteiger partial charge in [-0.15, -0.1) is 0 Å². The minimum Gasteiger partial charge on any atom is -0.423 e. The van der Waals surface area contributed by atoms with E-state index in [0.29, 0.717) is 67.5 Å². The number of nitrogens with two attached hydrogens (primary N) is 6. The number of rotatable bonds is 5. The number of alkyl halides is 3. The van der Waals surface area contributed by atoms with Crippen LogP contribution in [0.25, 0.3) is 33.4 Å². The summed E-state index contributed by atoms with van der Waals surface area (Å²) in [5, 5.41) is 48.7. The number of nitrogen functional groups attached to an aromatic ring is 6. The van der Waals surface area contributed by atoms with Crippen molar-refractivity contribution in [2.45, 2.75) is 13.1 Å². The van der Waals surface area contributed by atoms with Crippen LogP contribution in [0.2, 0.25) is 55.8 Å². The third-order valence-electron chi connectivity index (χ3n) is 9.79. The maximum Gasteiger partial charge on any atom is 0.490 e. The van der Waals surface area contributed by atoms with E-state index in [-0.39, 0.29) is 83.3 Å². The molecule has 86 heavy (non-hydrogen) atoms. The van der Waals surface area contributed by atoms with Crippen molar-refractivity contribution < 1.29 is 38.2 Å². The Morgan fingerprint density at radius 3 is 1.43 bits per heavy atom. The van der Waals surface area contributed by atoms with Crippen LogP contribution in [-0.2, 0) is 6.18 Å². The van der Waals surface area contributed by atoms with Gasteiger partial charge in [0.05, 0.1) is 64.0 Å². The average Bonchev–Trinajstić information content (AvgIpc) is 3.98. The van der Waals surface area contributed by atoms with Gasteiger partial charge >= 0.3 is 19.0 Å². The quantitative estimate of drug-likeness (QED) is 0.0191. The second-order valence-electron chi connectivity index (χ2n) is 15.7. The van der Waals surface area contributed by atoms with Gasteiger partial charge in [0, 0.05) is 51.5 Å². The first-order chi connectivity index (χ1) is 40.1. The first-order valence-electron chi connectivity index (χ1n) is 22.5. The predicted octanol–water partition coefficient (Wildman–Crippen LogP) is 15.3. The number of halogens is 16. The number of aliphatic hydroxyl groups is 1. The number of aliphatic hydroxyl groups excluding tert-OH is 1. The molecule has 0 saturated carbocycles. The largest absolute Gasteiger partial charge is 0.490 e. The fourth-order valence-corrected chi connectivity index (χ4v) is 8.93. The summed E-state index contributed by atoms with van der Waals surface area (Å²) >= 11 is 68.0. The monoisotopic (exact) mass is 1630 g/mol. The number of nitro groups is 2. The average molecular weight is 1630 g/mol. The number of aromatic amines is 1. The van der Waals surface area contributed by atoms with Gasteiger partial charge in [0.1, 0.15) is 37.9 Å². The molecule has 38 heteroatoms. The summed E-state index contributed by atoms with van der Waals surface area (Å²) in [5.41, 5.74) is 35.5. The Balaban J connectivity index is 0.000000274. The number of fused-ring (bicyclic) bond motifs is 1. The van der Waals surface area contributed by atoms with Crippen molar-refractivity contribution in [3.63, 3.8) is 0 Å². The van der Waals surface area contributed by atoms with Crippen LogP contribution >= 0.6 is 173 Å². The summed E-state index contributed by atoms with van der Waals surface area (Å²) in [4.78, 5) is 40.1. The van der Waals surface area contributed by atoms with E-state index in [2.05, 4.69) is 29.9 Å². The molecule has 9 rings (SSSR count). The van der Waals surface area contributed by atoms with Crippen LogP contribution in [0, 0.1) is 27.4 Å². The van der Waals surface area contributed by atoms with Gasteiger partial charge in [-0.1, -0.05) is 164 Å². The topological polar surface area (TPSA) is 383 Å². The van der Waals surface area contributed by atoms with Gasteiger partial charge in [-0.3, -0.25) is 20.2 Å². The molecule has 0 aliphatic rings. The molecule has 0 saturated heterocycles. The number of pyridine rings is 4. The van der Waals surface area contributed by atoms with Gasteiger partial charge in [-0.2, -0.15) is 13.2 Å². The molecule has 0 bridgehead atoms. The van der Waals surface area contributed by atoms with Gasteiger partial charge in [0.2, 0.25) is 11.6 Å². The molecule has 4 aromatic carbocycles. The van der Waals surface area contributed by atoms with Gasteiger partial charge in [0.15, 0.2) is 5.65 Å². The highest BCUT2D eigenvalue weighted by Gasteiger charge is 2.35. The summed E-state index contributed by atoms with van der Waals surface area (Å²) in [6, 6.07) is 24.9. The van der Waals surface area contributed by atoms with E-state index >= 15 is 0 Å². The molecule has 5 heterocycles. The molecule has 9 aromatic rings. The van der Waals surface area contributed by atoms with Crippen molar-refractivity contribution in [1.29, 1.82) is 0 Å². The van der Waals surface area contributed by atoms with Crippen molar-refractivity contribution in [2.75, 3.05) is 41.0 Å². The highest BCUT2D eigenvalue weighted by molar-refractivity contribution is 14.1. The Hall–Kier alpha value is -5.07. The Bertz CT molecular complexity index is 3840. The van der Waals surface area contributed by atoms with Crippen molar-refractivity contribution in [1.82, 2.24) is 29.9 Å². The first-order valence-corrected chi connectivity index (χ1v) is 28.8. The van der Waals surface area contributed by atoms with Crippen LogP contribution in [0.15, 0.2) is 97.1 Å². The van der Waals surface area contributed by atoms with E-state index in [1.807, 2.05) is 45.2 Å². The Labute approximate surface area is 567 Å². The lowest BCUT2D eigenvalue weighted by Crippen LogP contribution is -2.30. The van der Waals surface area contributed by atoms with Crippen molar-refractivity contribution in [3.05, 3.63) is 186 Å². The fourth-order valence-electron chi connectivity index (χ4n) is 5.90. The van der Waals surface area contributed by atoms with E-state index in [4.69, 9.17) is 177 Å². The Kier molecular flexibility index (Phi) is 30.3. The number of hydrogen-bond acceptors (Lipinski definition) is 18. The number of hydrogen-bond donors (Lipinski definition) is 10. The molecule has 0 fully saturated rings.